The lowest BCUT2D eigenvalue weighted by Crippen LogP contribution is -2.34. The Bertz CT molecular complexity index is 717. The van der Waals surface area contributed by atoms with Gasteiger partial charge in [-0.2, -0.15) is 0 Å². The molecule has 2 amide bonds. The zero-order valence-electron chi connectivity index (χ0n) is 13.2. The number of rotatable bonds is 2. The van der Waals surface area contributed by atoms with E-state index in [1.807, 2.05) is 30.0 Å². The Kier molecular flexibility index (Phi) is 4.83. The fraction of sp³-hybridized carbons (Fsp3) is 0.278. The van der Waals surface area contributed by atoms with Crippen molar-refractivity contribution in [3.63, 3.8) is 0 Å². The number of hydrogen-bond acceptors (Lipinski definition) is 2. The molecule has 1 atom stereocenters. The zero-order chi connectivity index (χ0) is 16.4. The van der Waals surface area contributed by atoms with Crippen LogP contribution in [0.5, 0.6) is 0 Å². The summed E-state index contributed by atoms with van der Waals surface area (Å²) in [4.78, 5) is 14.5. The van der Waals surface area contributed by atoms with Crippen LogP contribution >= 0.6 is 23.4 Å². The van der Waals surface area contributed by atoms with Crippen LogP contribution < -0.4 is 5.32 Å². The van der Waals surface area contributed by atoms with Crippen LogP contribution in [-0.2, 0) is 0 Å². The van der Waals surface area contributed by atoms with Crippen LogP contribution in [0.2, 0.25) is 5.02 Å². The van der Waals surface area contributed by atoms with Gasteiger partial charge in [-0.25, -0.2) is 4.79 Å². The highest BCUT2D eigenvalue weighted by molar-refractivity contribution is 7.99. The summed E-state index contributed by atoms with van der Waals surface area (Å²) in [7, 11) is 0. The van der Waals surface area contributed by atoms with Crippen molar-refractivity contribution in [3.05, 3.63) is 64.2 Å². The van der Waals surface area contributed by atoms with E-state index in [0.717, 1.165) is 23.4 Å². The minimum absolute atomic E-state index is 0.0554. The molecule has 120 valence electrons. The molecule has 2 aromatic carbocycles. The van der Waals surface area contributed by atoms with Gasteiger partial charge in [0.2, 0.25) is 0 Å². The number of aryl methyl sites for hydroxylation is 2. The topological polar surface area (TPSA) is 32.3 Å². The van der Waals surface area contributed by atoms with E-state index in [0.29, 0.717) is 10.7 Å². The molecule has 1 fully saturated rings. The van der Waals surface area contributed by atoms with Gasteiger partial charge in [0.25, 0.3) is 0 Å². The second-order valence-corrected chi connectivity index (χ2v) is 7.34. The van der Waals surface area contributed by atoms with E-state index in [1.54, 1.807) is 11.8 Å². The van der Waals surface area contributed by atoms with E-state index >= 15 is 0 Å². The number of anilines is 1. The average Bonchev–Trinajstić information content (AvgIpc) is 3.00. The summed E-state index contributed by atoms with van der Waals surface area (Å²) in [6.45, 7) is 4.77. The second-order valence-electron chi connectivity index (χ2n) is 5.74. The molecule has 0 spiro atoms. The first-order valence-electron chi connectivity index (χ1n) is 7.56. The van der Waals surface area contributed by atoms with E-state index in [9.17, 15) is 4.79 Å². The van der Waals surface area contributed by atoms with Gasteiger partial charge >= 0.3 is 6.03 Å². The second kappa shape index (κ2) is 6.85. The first-order chi connectivity index (χ1) is 11.0. The molecule has 0 radical (unpaired) electrons. The maximum Gasteiger partial charge on any atom is 0.323 e. The number of carbonyl (C=O) groups excluding carboxylic acids is 1. The van der Waals surface area contributed by atoms with E-state index in [4.69, 9.17) is 11.6 Å². The van der Waals surface area contributed by atoms with Gasteiger partial charge in [0.05, 0.1) is 10.7 Å². The molecule has 0 bridgehead atoms. The lowest BCUT2D eigenvalue weighted by Gasteiger charge is -2.24. The number of carbonyl (C=O) groups is 1. The molecule has 1 N–H and O–H groups in total. The molecule has 1 saturated heterocycles. The van der Waals surface area contributed by atoms with Gasteiger partial charge in [-0.05, 0) is 37.1 Å². The van der Waals surface area contributed by atoms with Crippen molar-refractivity contribution in [2.24, 2.45) is 0 Å². The van der Waals surface area contributed by atoms with Crippen molar-refractivity contribution in [1.82, 2.24) is 4.90 Å². The van der Waals surface area contributed by atoms with Crippen molar-refractivity contribution in [1.29, 1.82) is 0 Å². The smallest absolute Gasteiger partial charge is 0.308 e. The number of halogens is 1. The maximum atomic E-state index is 12.6. The van der Waals surface area contributed by atoms with Crippen molar-refractivity contribution in [3.8, 4) is 0 Å². The van der Waals surface area contributed by atoms with E-state index < -0.39 is 0 Å². The Labute approximate surface area is 146 Å². The van der Waals surface area contributed by atoms with Gasteiger partial charge in [0.1, 0.15) is 5.37 Å². The number of benzene rings is 2. The maximum absolute atomic E-state index is 12.6. The summed E-state index contributed by atoms with van der Waals surface area (Å²) >= 11 is 8.00. The number of urea groups is 1. The monoisotopic (exact) mass is 346 g/mol. The minimum atomic E-state index is -0.105. The quantitative estimate of drug-likeness (QED) is 0.806. The molecular weight excluding hydrogens is 328 g/mol. The summed E-state index contributed by atoms with van der Waals surface area (Å²) in [5.74, 6) is 0.938. The summed E-state index contributed by atoms with van der Waals surface area (Å²) in [6.07, 6.45) is 0. The third kappa shape index (κ3) is 3.65. The van der Waals surface area contributed by atoms with Gasteiger partial charge < -0.3 is 10.2 Å². The predicted octanol–water partition coefficient (Wildman–Crippen LogP) is 5.24. The molecule has 1 aliphatic heterocycles. The standard InChI is InChI=1S/C18H19ClN2OS/c1-12-3-6-14(7-4-12)17-21(9-10-23-17)18(22)20-16-8-5-13(2)11-15(16)19/h3-8,11,17H,9-10H2,1-2H3,(H,20,22). The van der Waals surface area contributed by atoms with Gasteiger partial charge in [-0.3, -0.25) is 0 Å². The van der Waals surface area contributed by atoms with Crippen LogP contribution in [0, 0.1) is 13.8 Å². The number of hydrogen-bond donors (Lipinski definition) is 1. The molecular formula is C18H19ClN2OS. The molecule has 0 aliphatic carbocycles. The molecule has 2 aromatic rings. The number of nitrogens with zero attached hydrogens (tertiary/aromatic N) is 1. The molecule has 3 nitrogen and oxygen atoms in total. The highest BCUT2D eigenvalue weighted by atomic mass is 35.5. The third-order valence-electron chi connectivity index (χ3n) is 3.88. The van der Waals surface area contributed by atoms with Crippen molar-refractivity contribution >= 4 is 35.1 Å². The number of amides is 2. The highest BCUT2D eigenvalue weighted by Crippen LogP contribution is 2.38. The predicted molar refractivity (Wildman–Crippen MR) is 98.3 cm³/mol. The average molecular weight is 347 g/mol. The minimum Gasteiger partial charge on any atom is -0.308 e. The van der Waals surface area contributed by atoms with Gasteiger partial charge in [-0.15, -0.1) is 11.8 Å². The van der Waals surface area contributed by atoms with Crippen LogP contribution in [0.4, 0.5) is 10.5 Å². The van der Waals surface area contributed by atoms with Gasteiger partial charge in [-0.1, -0.05) is 47.5 Å². The Hall–Kier alpha value is -1.65. The summed E-state index contributed by atoms with van der Waals surface area (Å²) in [5.41, 5.74) is 4.10. The molecule has 1 heterocycles. The summed E-state index contributed by atoms with van der Waals surface area (Å²) in [6, 6.07) is 13.9. The lowest BCUT2D eigenvalue weighted by atomic mass is 10.1. The molecule has 1 aliphatic rings. The van der Waals surface area contributed by atoms with Gasteiger partial charge in [0, 0.05) is 12.3 Å². The van der Waals surface area contributed by atoms with Crippen LogP contribution in [0.1, 0.15) is 22.1 Å². The molecule has 0 saturated carbocycles. The van der Waals surface area contributed by atoms with E-state index in [2.05, 4.69) is 36.5 Å². The molecule has 3 rings (SSSR count). The first-order valence-corrected chi connectivity index (χ1v) is 8.99. The Morgan fingerprint density at radius 2 is 1.87 bits per heavy atom. The third-order valence-corrected chi connectivity index (χ3v) is 5.45. The Balaban J connectivity index is 1.76. The highest BCUT2D eigenvalue weighted by Gasteiger charge is 2.30. The zero-order valence-corrected chi connectivity index (χ0v) is 14.7. The number of nitrogens with one attached hydrogen (secondary N) is 1. The van der Waals surface area contributed by atoms with Crippen LogP contribution in [0.15, 0.2) is 42.5 Å². The Morgan fingerprint density at radius 3 is 2.57 bits per heavy atom. The first kappa shape index (κ1) is 16.2. The number of thioether (sulfide) groups is 1. The van der Waals surface area contributed by atoms with E-state index in [-0.39, 0.29) is 11.4 Å². The fourth-order valence-corrected chi connectivity index (χ4v) is 4.13. The lowest BCUT2D eigenvalue weighted by molar-refractivity contribution is 0.214. The summed E-state index contributed by atoms with van der Waals surface area (Å²) < 4.78 is 0. The SMILES string of the molecule is Cc1ccc(C2SCCN2C(=O)Nc2ccc(C)cc2Cl)cc1. The fourth-order valence-electron chi connectivity index (χ4n) is 2.59. The Morgan fingerprint density at radius 1 is 1.17 bits per heavy atom. The van der Waals surface area contributed by atoms with Crippen molar-refractivity contribution in [2.45, 2.75) is 19.2 Å². The molecule has 23 heavy (non-hydrogen) atoms. The van der Waals surface area contributed by atoms with Crippen LogP contribution in [0.3, 0.4) is 0 Å². The summed E-state index contributed by atoms with van der Waals surface area (Å²) in [5, 5.41) is 3.55. The normalized spacial score (nSPS) is 17.3. The molecule has 0 aromatic heterocycles. The molecule has 1 unspecified atom stereocenters. The van der Waals surface area contributed by atoms with Gasteiger partial charge in [0.15, 0.2) is 0 Å². The van der Waals surface area contributed by atoms with Crippen molar-refractivity contribution < 1.29 is 4.79 Å². The molecule has 5 heteroatoms. The van der Waals surface area contributed by atoms with Crippen molar-refractivity contribution in [2.75, 3.05) is 17.6 Å². The van der Waals surface area contributed by atoms with Crippen LogP contribution in [-0.4, -0.2) is 23.2 Å². The van der Waals surface area contributed by atoms with Crippen LogP contribution in [0.25, 0.3) is 0 Å². The largest absolute Gasteiger partial charge is 0.323 e. The van der Waals surface area contributed by atoms with E-state index in [1.165, 1.54) is 5.56 Å².